The third kappa shape index (κ3) is 5.18. The molecule has 8 heteroatoms. The normalized spacial score (nSPS) is 22.6. The molecule has 0 bridgehead atoms. The monoisotopic (exact) mass is 524 g/mol. The quantitative estimate of drug-likeness (QED) is 0.261. The molecule has 2 aromatic carbocycles. The summed E-state index contributed by atoms with van der Waals surface area (Å²) in [6, 6.07) is 13.5. The van der Waals surface area contributed by atoms with Crippen molar-refractivity contribution in [3.05, 3.63) is 64.0 Å². The highest BCUT2D eigenvalue weighted by Gasteiger charge is 2.51. The van der Waals surface area contributed by atoms with Crippen molar-refractivity contribution in [3.8, 4) is 17.0 Å². The lowest BCUT2D eigenvalue weighted by Crippen LogP contribution is -2.52. The summed E-state index contributed by atoms with van der Waals surface area (Å²) in [5.74, 6) is -0.325. The van der Waals surface area contributed by atoms with Gasteiger partial charge >= 0.3 is 5.97 Å². The number of nitrogens with zero attached hydrogens (tertiary/aromatic N) is 2. The summed E-state index contributed by atoms with van der Waals surface area (Å²) in [7, 11) is 1.59. The Morgan fingerprint density at radius 3 is 2.50 bits per heavy atom. The molecule has 2 atom stereocenters. The summed E-state index contributed by atoms with van der Waals surface area (Å²) in [6.07, 6.45) is 6.11. The molecule has 0 spiro atoms. The first-order valence-electron chi connectivity index (χ1n) is 12.4. The Bertz CT molecular complexity index is 1200. The van der Waals surface area contributed by atoms with Crippen molar-refractivity contribution in [3.63, 3.8) is 0 Å². The number of benzene rings is 2. The van der Waals surface area contributed by atoms with Gasteiger partial charge in [0.05, 0.1) is 12.1 Å². The molecule has 1 saturated carbocycles. The molecule has 1 saturated heterocycles. The van der Waals surface area contributed by atoms with E-state index in [-0.39, 0.29) is 18.1 Å². The van der Waals surface area contributed by atoms with Gasteiger partial charge in [-0.1, -0.05) is 59.3 Å². The first-order chi connectivity index (χ1) is 17.5. The third-order valence-electron chi connectivity index (χ3n) is 7.65. The fourth-order valence-corrected chi connectivity index (χ4v) is 6.38. The SMILES string of the molecule is COc1ccc(CCC2(C3CCCC3)CC(=O)C(Cc3ccc(-c4csnn4)cc3)C(=O)O2)cc1Cl. The van der Waals surface area contributed by atoms with Gasteiger partial charge in [0.1, 0.15) is 23.0 Å². The summed E-state index contributed by atoms with van der Waals surface area (Å²) in [4.78, 5) is 26.7. The maximum atomic E-state index is 13.4. The minimum atomic E-state index is -0.762. The summed E-state index contributed by atoms with van der Waals surface area (Å²) >= 11 is 7.63. The van der Waals surface area contributed by atoms with Gasteiger partial charge in [-0.3, -0.25) is 9.59 Å². The zero-order chi connectivity index (χ0) is 25.1. The Kier molecular flexibility index (Phi) is 7.39. The van der Waals surface area contributed by atoms with E-state index in [2.05, 4.69) is 9.59 Å². The van der Waals surface area contributed by atoms with Gasteiger partial charge in [0, 0.05) is 17.4 Å². The fourth-order valence-electron chi connectivity index (χ4n) is 5.64. The van der Waals surface area contributed by atoms with Crippen molar-refractivity contribution in [2.24, 2.45) is 11.8 Å². The number of cyclic esters (lactones) is 1. The molecule has 5 rings (SSSR count). The van der Waals surface area contributed by atoms with Crippen LogP contribution in [0.4, 0.5) is 0 Å². The molecule has 0 N–H and O–H groups in total. The number of ketones is 1. The van der Waals surface area contributed by atoms with Crippen LogP contribution in [0.5, 0.6) is 5.75 Å². The standard InChI is InChI=1S/C28H29ClN2O4S/c1-34-26-11-8-19(15-23(26)29)12-13-28(21-4-2-3-5-21)16-25(32)22(27(33)35-28)14-18-6-9-20(10-7-18)24-17-36-31-30-24/h6-11,15,17,21-22H,2-5,12-14,16H2,1H3. The number of hydrogen-bond acceptors (Lipinski definition) is 7. The van der Waals surface area contributed by atoms with Crippen LogP contribution in [0.15, 0.2) is 47.8 Å². The highest BCUT2D eigenvalue weighted by molar-refractivity contribution is 7.03. The van der Waals surface area contributed by atoms with Crippen LogP contribution in [0, 0.1) is 11.8 Å². The van der Waals surface area contributed by atoms with Gasteiger partial charge in [0.25, 0.3) is 0 Å². The molecule has 2 aliphatic rings. The first-order valence-corrected chi connectivity index (χ1v) is 13.6. The van der Waals surface area contributed by atoms with Crippen LogP contribution < -0.4 is 4.74 Å². The lowest BCUT2D eigenvalue weighted by Gasteiger charge is -2.43. The van der Waals surface area contributed by atoms with E-state index < -0.39 is 17.5 Å². The Morgan fingerprint density at radius 1 is 1.11 bits per heavy atom. The van der Waals surface area contributed by atoms with E-state index in [4.69, 9.17) is 21.1 Å². The number of halogens is 1. The Balaban J connectivity index is 1.30. The average molecular weight is 525 g/mol. The second-order valence-electron chi connectivity index (χ2n) is 9.82. The molecule has 1 aliphatic carbocycles. The van der Waals surface area contributed by atoms with Crippen molar-refractivity contribution >= 4 is 34.9 Å². The lowest BCUT2D eigenvalue weighted by molar-refractivity contribution is -0.185. The number of hydrogen-bond donors (Lipinski definition) is 0. The van der Waals surface area contributed by atoms with E-state index in [0.717, 1.165) is 48.1 Å². The minimum absolute atomic E-state index is 0.0151. The zero-order valence-electron chi connectivity index (χ0n) is 20.2. The number of carbonyl (C=O) groups excluding carboxylic acids is 2. The van der Waals surface area contributed by atoms with Crippen LogP contribution in [-0.2, 0) is 27.2 Å². The predicted octanol–water partition coefficient (Wildman–Crippen LogP) is 6.10. The van der Waals surface area contributed by atoms with Crippen molar-refractivity contribution in [2.45, 2.75) is 57.0 Å². The van der Waals surface area contributed by atoms with Crippen molar-refractivity contribution in [1.82, 2.24) is 9.59 Å². The smallest absolute Gasteiger partial charge is 0.317 e. The molecule has 188 valence electrons. The molecule has 0 radical (unpaired) electrons. The van der Waals surface area contributed by atoms with Gasteiger partial charge in [-0.15, -0.1) is 5.10 Å². The molecule has 2 fully saturated rings. The molecule has 2 unspecified atom stereocenters. The molecule has 1 aromatic heterocycles. The average Bonchev–Trinajstić information content (AvgIpc) is 3.61. The van der Waals surface area contributed by atoms with E-state index in [0.29, 0.717) is 30.0 Å². The van der Waals surface area contributed by atoms with Crippen molar-refractivity contribution in [2.75, 3.05) is 7.11 Å². The van der Waals surface area contributed by atoms with Crippen LogP contribution in [0.1, 0.15) is 49.7 Å². The van der Waals surface area contributed by atoms with Crippen LogP contribution in [0.2, 0.25) is 5.02 Å². The maximum Gasteiger partial charge on any atom is 0.317 e. The first kappa shape index (κ1) is 24.9. The number of ether oxygens (including phenoxy) is 2. The number of aryl methyl sites for hydroxylation is 1. The largest absolute Gasteiger partial charge is 0.495 e. The van der Waals surface area contributed by atoms with Gasteiger partial charge in [0.15, 0.2) is 5.78 Å². The molecule has 0 amide bonds. The Hall–Kier alpha value is -2.77. The second kappa shape index (κ2) is 10.7. The van der Waals surface area contributed by atoms with Gasteiger partial charge in [-0.05, 0) is 72.8 Å². The van der Waals surface area contributed by atoms with Gasteiger partial charge < -0.3 is 9.47 Å². The van der Waals surface area contributed by atoms with Crippen molar-refractivity contribution in [1.29, 1.82) is 0 Å². The number of rotatable bonds is 8. The van der Waals surface area contributed by atoms with Crippen LogP contribution in [0.3, 0.4) is 0 Å². The van der Waals surface area contributed by atoms with Gasteiger partial charge in [-0.2, -0.15) is 0 Å². The molecule has 1 aliphatic heterocycles. The molecule has 3 aromatic rings. The van der Waals surface area contributed by atoms with E-state index in [9.17, 15) is 9.59 Å². The summed E-state index contributed by atoms with van der Waals surface area (Å²) in [5.41, 5.74) is 3.01. The van der Waals surface area contributed by atoms with E-state index in [1.54, 1.807) is 7.11 Å². The number of esters is 1. The topological polar surface area (TPSA) is 78.4 Å². The second-order valence-corrected chi connectivity index (χ2v) is 10.8. The molecular weight excluding hydrogens is 496 g/mol. The highest BCUT2D eigenvalue weighted by atomic mass is 35.5. The third-order valence-corrected chi connectivity index (χ3v) is 8.45. The van der Waals surface area contributed by atoms with Gasteiger partial charge in [0.2, 0.25) is 0 Å². The Labute approximate surface area is 220 Å². The highest BCUT2D eigenvalue weighted by Crippen LogP contribution is 2.45. The summed E-state index contributed by atoms with van der Waals surface area (Å²) in [6.45, 7) is 0. The maximum absolute atomic E-state index is 13.4. The number of Topliss-reactive ketones (excluding diaryl/α,β-unsaturated/α-hetero) is 1. The summed E-state index contributed by atoms with van der Waals surface area (Å²) in [5, 5.41) is 6.53. The zero-order valence-corrected chi connectivity index (χ0v) is 21.8. The number of methoxy groups -OCH3 is 1. The lowest BCUT2D eigenvalue weighted by atomic mass is 9.73. The summed E-state index contributed by atoms with van der Waals surface area (Å²) < 4.78 is 15.4. The number of carbonyl (C=O) groups is 2. The predicted molar refractivity (Wildman–Crippen MR) is 139 cm³/mol. The molecular formula is C28H29ClN2O4S. The van der Waals surface area contributed by atoms with Crippen LogP contribution in [-0.4, -0.2) is 34.1 Å². The van der Waals surface area contributed by atoms with E-state index in [1.807, 2.05) is 47.8 Å². The van der Waals surface area contributed by atoms with E-state index >= 15 is 0 Å². The van der Waals surface area contributed by atoms with Crippen LogP contribution >= 0.6 is 23.1 Å². The van der Waals surface area contributed by atoms with Gasteiger partial charge in [-0.25, -0.2) is 0 Å². The number of aromatic nitrogens is 2. The Morgan fingerprint density at radius 2 is 1.86 bits per heavy atom. The van der Waals surface area contributed by atoms with Crippen molar-refractivity contribution < 1.29 is 19.1 Å². The fraction of sp³-hybridized carbons (Fsp3) is 0.429. The molecule has 6 nitrogen and oxygen atoms in total. The molecule has 2 heterocycles. The van der Waals surface area contributed by atoms with E-state index in [1.165, 1.54) is 11.5 Å². The minimum Gasteiger partial charge on any atom is -0.495 e. The molecule has 36 heavy (non-hydrogen) atoms. The van der Waals surface area contributed by atoms with Crippen LogP contribution in [0.25, 0.3) is 11.3 Å².